The van der Waals surface area contributed by atoms with Crippen LogP contribution in [-0.4, -0.2) is 11.8 Å². The van der Waals surface area contributed by atoms with Crippen molar-refractivity contribution in [3.8, 4) is 0 Å². The first-order chi connectivity index (χ1) is 11.9. The number of carbonyl (C=O) groups excluding carboxylic acids is 2. The molecule has 1 atom stereocenters. The van der Waals surface area contributed by atoms with Gasteiger partial charge in [-0.15, -0.1) is 11.3 Å². The van der Waals surface area contributed by atoms with Gasteiger partial charge in [-0.1, -0.05) is 19.4 Å². The Balaban J connectivity index is 1.91. The average molecular weight is 356 g/mol. The number of benzene rings is 1. The average Bonchev–Trinajstić information content (AvgIpc) is 2.94. The summed E-state index contributed by atoms with van der Waals surface area (Å²) in [4.78, 5) is 25.8. The second-order valence-corrected chi connectivity index (χ2v) is 7.95. The Labute approximate surface area is 152 Å². The first-order valence-corrected chi connectivity index (χ1v) is 9.55. The summed E-state index contributed by atoms with van der Waals surface area (Å²) in [5.74, 6) is -0.00532. The zero-order chi connectivity index (χ0) is 18.1. The number of primary amides is 1. The van der Waals surface area contributed by atoms with Crippen LogP contribution in [0.1, 0.15) is 62.0 Å². The van der Waals surface area contributed by atoms with Crippen molar-refractivity contribution >= 4 is 28.2 Å². The van der Waals surface area contributed by atoms with E-state index in [1.807, 2.05) is 32.0 Å². The highest BCUT2D eigenvalue weighted by Gasteiger charge is 2.28. The molecule has 132 valence electrons. The van der Waals surface area contributed by atoms with Gasteiger partial charge in [0.1, 0.15) is 5.00 Å². The van der Waals surface area contributed by atoms with Crippen molar-refractivity contribution in [3.63, 3.8) is 0 Å². The SMILES string of the molecule is CC[C@H]1CCc2c(sc(NC(=O)c3ccc(C)c(C)c3)c2C(N)=O)C1. The molecule has 2 aromatic rings. The maximum Gasteiger partial charge on any atom is 0.256 e. The molecule has 0 spiro atoms. The van der Waals surface area contributed by atoms with Gasteiger partial charge >= 0.3 is 0 Å². The number of aryl methyl sites for hydroxylation is 2. The first kappa shape index (κ1) is 17.7. The molecule has 0 radical (unpaired) electrons. The fourth-order valence-corrected chi connectivity index (χ4v) is 4.77. The van der Waals surface area contributed by atoms with E-state index >= 15 is 0 Å². The molecule has 3 N–H and O–H groups in total. The van der Waals surface area contributed by atoms with Gasteiger partial charge in [0.15, 0.2) is 0 Å². The number of thiophene rings is 1. The molecule has 0 aliphatic heterocycles. The Morgan fingerprint density at radius 1 is 1.28 bits per heavy atom. The predicted molar refractivity (Wildman–Crippen MR) is 103 cm³/mol. The van der Waals surface area contributed by atoms with Crippen molar-refractivity contribution < 1.29 is 9.59 Å². The number of nitrogens with two attached hydrogens (primary N) is 1. The van der Waals surface area contributed by atoms with Crippen LogP contribution in [-0.2, 0) is 12.8 Å². The minimum atomic E-state index is -0.456. The highest BCUT2D eigenvalue weighted by atomic mass is 32.1. The molecule has 1 aromatic carbocycles. The molecule has 4 nitrogen and oxygen atoms in total. The molecule has 0 bridgehead atoms. The highest BCUT2D eigenvalue weighted by molar-refractivity contribution is 7.17. The van der Waals surface area contributed by atoms with Crippen LogP contribution in [0.2, 0.25) is 0 Å². The van der Waals surface area contributed by atoms with Crippen molar-refractivity contribution in [3.05, 3.63) is 50.9 Å². The topological polar surface area (TPSA) is 72.2 Å². The summed E-state index contributed by atoms with van der Waals surface area (Å²) < 4.78 is 0. The van der Waals surface area contributed by atoms with Crippen LogP contribution in [0.25, 0.3) is 0 Å². The fraction of sp³-hybridized carbons (Fsp3) is 0.400. The fourth-order valence-electron chi connectivity index (χ4n) is 3.41. The van der Waals surface area contributed by atoms with Crippen molar-refractivity contribution in [1.29, 1.82) is 0 Å². The van der Waals surface area contributed by atoms with Crippen LogP contribution in [0.3, 0.4) is 0 Å². The van der Waals surface area contributed by atoms with E-state index in [4.69, 9.17) is 5.73 Å². The summed E-state index contributed by atoms with van der Waals surface area (Å²) in [6.07, 6.45) is 4.04. The number of nitrogens with one attached hydrogen (secondary N) is 1. The molecule has 5 heteroatoms. The van der Waals surface area contributed by atoms with Crippen LogP contribution < -0.4 is 11.1 Å². The monoisotopic (exact) mass is 356 g/mol. The number of amides is 2. The van der Waals surface area contributed by atoms with Gasteiger partial charge in [-0.3, -0.25) is 9.59 Å². The third-order valence-electron chi connectivity index (χ3n) is 5.19. The summed E-state index contributed by atoms with van der Waals surface area (Å²) in [7, 11) is 0. The molecule has 25 heavy (non-hydrogen) atoms. The molecule has 0 fully saturated rings. The first-order valence-electron chi connectivity index (χ1n) is 8.73. The van der Waals surface area contributed by atoms with Gasteiger partial charge in [0, 0.05) is 10.4 Å². The Hall–Kier alpha value is -2.14. The molecule has 0 unspecified atom stereocenters. The van der Waals surface area contributed by atoms with E-state index in [0.29, 0.717) is 22.0 Å². The molecule has 3 rings (SSSR count). The summed E-state index contributed by atoms with van der Waals surface area (Å²) in [6, 6.07) is 5.61. The van der Waals surface area contributed by atoms with Gasteiger partial charge < -0.3 is 11.1 Å². The summed E-state index contributed by atoms with van der Waals surface area (Å²) in [6.45, 7) is 6.19. The lowest BCUT2D eigenvalue weighted by atomic mass is 9.85. The third-order valence-corrected chi connectivity index (χ3v) is 6.36. The largest absolute Gasteiger partial charge is 0.365 e. The van der Waals surface area contributed by atoms with Crippen LogP contribution >= 0.6 is 11.3 Å². The maximum atomic E-state index is 12.6. The van der Waals surface area contributed by atoms with Gasteiger partial charge in [0.05, 0.1) is 5.56 Å². The standard InChI is InChI=1S/C20H24N2O2S/c1-4-13-6-8-15-16(10-13)25-20(17(15)18(21)23)22-19(24)14-7-5-11(2)12(3)9-14/h5,7,9,13H,4,6,8,10H2,1-3H3,(H2,21,23)(H,22,24)/t13-/m0/s1. The number of carbonyl (C=O) groups is 2. The molecule has 1 heterocycles. The molecule has 1 aromatic heterocycles. The van der Waals surface area contributed by atoms with Gasteiger partial charge in [-0.2, -0.15) is 0 Å². The van der Waals surface area contributed by atoms with Crippen molar-refractivity contribution in [2.24, 2.45) is 11.7 Å². The zero-order valence-electron chi connectivity index (χ0n) is 14.9. The van der Waals surface area contributed by atoms with Crippen molar-refractivity contribution in [2.75, 3.05) is 5.32 Å². The van der Waals surface area contributed by atoms with E-state index in [1.165, 1.54) is 16.2 Å². The van der Waals surface area contributed by atoms with E-state index in [9.17, 15) is 9.59 Å². The van der Waals surface area contributed by atoms with Crippen LogP contribution in [0.15, 0.2) is 18.2 Å². The predicted octanol–water partition coefficient (Wildman–Crippen LogP) is 4.23. The van der Waals surface area contributed by atoms with Gasteiger partial charge in [-0.25, -0.2) is 0 Å². The number of fused-ring (bicyclic) bond motifs is 1. The van der Waals surface area contributed by atoms with Crippen LogP contribution in [0.5, 0.6) is 0 Å². The maximum absolute atomic E-state index is 12.6. The lowest BCUT2D eigenvalue weighted by molar-refractivity contribution is 0.1000. The molecule has 0 saturated carbocycles. The Morgan fingerprint density at radius 2 is 2.04 bits per heavy atom. The summed E-state index contributed by atoms with van der Waals surface area (Å²) in [5, 5.41) is 3.52. The minimum Gasteiger partial charge on any atom is -0.365 e. The second kappa shape index (κ2) is 7.00. The number of anilines is 1. The number of hydrogen-bond donors (Lipinski definition) is 2. The van der Waals surface area contributed by atoms with E-state index < -0.39 is 5.91 Å². The lowest BCUT2D eigenvalue weighted by Crippen LogP contribution is -2.19. The Morgan fingerprint density at radius 3 is 2.68 bits per heavy atom. The van der Waals surface area contributed by atoms with E-state index in [-0.39, 0.29) is 5.91 Å². The smallest absolute Gasteiger partial charge is 0.256 e. The van der Waals surface area contributed by atoms with Crippen LogP contribution in [0, 0.1) is 19.8 Å². The van der Waals surface area contributed by atoms with E-state index in [2.05, 4.69) is 12.2 Å². The normalized spacial score (nSPS) is 16.4. The summed E-state index contributed by atoms with van der Waals surface area (Å²) >= 11 is 1.51. The molecular weight excluding hydrogens is 332 g/mol. The second-order valence-electron chi connectivity index (χ2n) is 6.84. The highest BCUT2D eigenvalue weighted by Crippen LogP contribution is 2.40. The quantitative estimate of drug-likeness (QED) is 0.860. The molecule has 1 aliphatic rings. The summed E-state index contributed by atoms with van der Waals surface area (Å²) in [5.41, 5.74) is 9.98. The lowest BCUT2D eigenvalue weighted by Gasteiger charge is -2.20. The number of hydrogen-bond acceptors (Lipinski definition) is 3. The molecule has 0 saturated heterocycles. The molecule has 2 amide bonds. The van der Waals surface area contributed by atoms with Crippen molar-refractivity contribution in [2.45, 2.75) is 46.5 Å². The molecular formula is C20H24N2O2S. The van der Waals surface area contributed by atoms with Gasteiger partial charge in [0.2, 0.25) is 0 Å². The van der Waals surface area contributed by atoms with Gasteiger partial charge in [0.25, 0.3) is 11.8 Å². The van der Waals surface area contributed by atoms with Crippen LogP contribution in [0.4, 0.5) is 5.00 Å². The Kier molecular flexibility index (Phi) is 4.95. The number of rotatable bonds is 4. The Bertz CT molecular complexity index is 838. The van der Waals surface area contributed by atoms with E-state index in [1.54, 1.807) is 0 Å². The van der Waals surface area contributed by atoms with E-state index in [0.717, 1.165) is 42.4 Å². The third kappa shape index (κ3) is 3.47. The molecule has 1 aliphatic carbocycles. The minimum absolute atomic E-state index is 0.198. The van der Waals surface area contributed by atoms with Gasteiger partial charge in [-0.05, 0) is 67.9 Å². The van der Waals surface area contributed by atoms with Crippen molar-refractivity contribution in [1.82, 2.24) is 0 Å². The zero-order valence-corrected chi connectivity index (χ0v) is 15.8.